The molecule has 0 amide bonds. The van der Waals surface area contributed by atoms with Crippen molar-refractivity contribution in [2.45, 2.75) is 58.3 Å². The Morgan fingerprint density at radius 3 is 2.47 bits per heavy atom. The molecule has 2 nitrogen and oxygen atoms in total. The van der Waals surface area contributed by atoms with Gasteiger partial charge >= 0.3 is 5.97 Å². The molecule has 2 saturated carbocycles. The van der Waals surface area contributed by atoms with Crippen LogP contribution in [0.3, 0.4) is 0 Å². The molecule has 0 aromatic rings. The average Bonchev–Trinajstić information content (AvgIpc) is 2.82. The Morgan fingerprint density at radius 1 is 1.27 bits per heavy atom. The minimum absolute atomic E-state index is 0.318. The van der Waals surface area contributed by atoms with Crippen molar-refractivity contribution in [1.29, 1.82) is 0 Å². The summed E-state index contributed by atoms with van der Waals surface area (Å²) in [5.74, 6) is 1.02. The Balaban J connectivity index is 1.82. The molecule has 2 aliphatic rings. The van der Waals surface area contributed by atoms with E-state index in [9.17, 15) is 9.90 Å². The van der Waals surface area contributed by atoms with E-state index in [1.807, 2.05) is 0 Å². The molecule has 0 radical (unpaired) electrons. The first kappa shape index (κ1) is 11.0. The molecule has 0 saturated heterocycles. The van der Waals surface area contributed by atoms with Gasteiger partial charge in [0.05, 0.1) is 5.41 Å². The van der Waals surface area contributed by atoms with Crippen LogP contribution in [0.5, 0.6) is 0 Å². The zero-order valence-corrected chi connectivity index (χ0v) is 9.67. The topological polar surface area (TPSA) is 37.3 Å². The number of carboxylic acids is 1. The third-order valence-corrected chi connectivity index (χ3v) is 4.34. The average molecular weight is 210 g/mol. The van der Waals surface area contributed by atoms with Crippen LogP contribution in [0, 0.1) is 17.3 Å². The Kier molecular flexibility index (Phi) is 3.03. The van der Waals surface area contributed by atoms with Gasteiger partial charge in [-0.1, -0.05) is 32.6 Å². The van der Waals surface area contributed by atoms with Gasteiger partial charge < -0.3 is 5.11 Å². The number of aliphatic carboxylic acids is 1. The summed E-state index contributed by atoms with van der Waals surface area (Å²) >= 11 is 0. The molecule has 0 spiro atoms. The second kappa shape index (κ2) is 4.15. The quantitative estimate of drug-likeness (QED) is 0.682. The lowest BCUT2D eigenvalue weighted by atomic mass is 9.78. The van der Waals surface area contributed by atoms with Crippen LogP contribution in [0.15, 0.2) is 0 Å². The maximum absolute atomic E-state index is 11.4. The Labute approximate surface area is 92.1 Å². The molecular formula is C13H22O2. The van der Waals surface area contributed by atoms with E-state index in [0.29, 0.717) is 0 Å². The number of rotatable bonds is 6. The van der Waals surface area contributed by atoms with E-state index >= 15 is 0 Å². The van der Waals surface area contributed by atoms with Gasteiger partial charge in [-0.25, -0.2) is 0 Å². The van der Waals surface area contributed by atoms with Crippen molar-refractivity contribution in [3.05, 3.63) is 0 Å². The fraction of sp³-hybridized carbons (Fsp3) is 0.923. The summed E-state index contributed by atoms with van der Waals surface area (Å²) in [6.07, 6.45) is 8.98. The Hall–Kier alpha value is -0.530. The van der Waals surface area contributed by atoms with E-state index < -0.39 is 5.97 Å². The standard InChI is InChI=1S/C13H22O2/c1-2-3-4-5-6-13(12(14)15)8-10-7-11(10)9-13/h10-11H,2-9H2,1H3,(H,14,15). The summed E-state index contributed by atoms with van der Waals surface area (Å²) in [5.41, 5.74) is -0.318. The molecule has 86 valence electrons. The van der Waals surface area contributed by atoms with Crippen molar-refractivity contribution in [3.8, 4) is 0 Å². The number of carbonyl (C=O) groups is 1. The van der Waals surface area contributed by atoms with Crippen LogP contribution in [0.2, 0.25) is 0 Å². The van der Waals surface area contributed by atoms with Gasteiger partial charge in [0.15, 0.2) is 0 Å². The molecule has 2 atom stereocenters. The largest absolute Gasteiger partial charge is 0.481 e. The van der Waals surface area contributed by atoms with E-state index in [1.165, 1.54) is 25.7 Å². The fourth-order valence-electron chi connectivity index (χ4n) is 3.27. The van der Waals surface area contributed by atoms with Crippen molar-refractivity contribution < 1.29 is 9.90 Å². The number of fused-ring (bicyclic) bond motifs is 1. The molecule has 2 aliphatic carbocycles. The zero-order chi connectivity index (χ0) is 10.9. The van der Waals surface area contributed by atoms with Gasteiger partial charge in [0.25, 0.3) is 0 Å². The predicted molar refractivity (Wildman–Crippen MR) is 59.7 cm³/mol. The van der Waals surface area contributed by atoms with Gasteiger partial charge in [0.1, 0.15) is 0 Å². The van der Waals surface area contributed by atoms with E-state index in [-0.39, 0.29) is 5.41 Å². The lowest BCUT2D eigenvalue weighted by Crippen LogP contribution is -2.29. The molecule has 0 bridgehead atoms. The Morgan fingerprint density at radius 2 is 1.93 bits per heavy atom. The van der Waals surface area contributed by atoms with Gasteiger partial charge in [0, 0.05) is 0 Å². The number of hydrogen-bond donors (Lipinski definition) is 1. The molecule has 2 rings (SSSR count). The van der Waals surface area contributed by atoms with Crippen LogP contribution < -0.4 is 0 Å². The summed E-state index contributed by atoms with van der Waals surface area (Å²) in [6, 6.07) is 0. The van der Waals surface area contributed by atoms with Crippen molar-refractivity contribution in [2.75, 3.05) is 0 Å². The summed E-state index contributed by atoms with van der Waals surface area (Å²) in [4.78, 5) is 11.4. The normalized spacial score (nSPS) is 37.7. The second-order valence-corrected chi connectivity index (χ2v) is 5.56. The molecule has 2 heteroatoms. The monoisotopic (exact) mass is 210 g/mol. The van der Waals surface area contributed by atoms with E-state index in [4.69, 9.17) is 0 Å². The number of unbranched alkanes of at least 4 members (excludes halogenated alkanes) is 3. The fourth-order valence-corrected chi connectivity index (χ4v) is 3.27. The second-order valence-electron chi connectivity index (χ2n) is 5.56. The summed E-state index contributed by atoms with van der Waals surface area (Å²) < 4.78 is 0. The molecule has 0 aliphatic heterocycles. The van der Waals surface area contributed by atoms with Crippen molar-refractivity contribution in [3.63, 3.8) is 0 Å². The molecule has 2 fully saturated rings. The molecule has 0 heterocycles. The van der Waals surface area contributed by atoms with E-state index in [0.717, 1.165) is 37.5 Å². The van der Waals surface area contributed by atoms with Crippen LogP contribution in [-0.2, 0) is 4.79 Å². The van der Waals surface area contributed by atoms with Gasteiger partial charge in [-0.05, 0) is 37.5 Å². The minimum Gasteiger partial charge on any atom is -0.481 e. The first-order valence-corrected chi connectivity index (χ1v) is 6.41. The van der Waals surface area contributed by atoms with Crippen LogP contribution in [0.1, 0.15) is 58.3 Å². The van der Waals surface area contributed by atoms with Crippen molar-refractivity contribution in [2.24, 2.45) is 17.3 Å². The lowest BCUT2D eigenvalue weighted by Gasteiger charge is -2.25. The molecular weight excluding hydrogens is 188 g/mol. The molecule has 0 aromatic heterocycles. The third kappa shape index (κ3) is 2.19. The lowest BCUT2D eigenvalue weighted by molar-refractivity contribution is -0.149. The smallest absolute Gasteiger partial charge is 0.309 e. The molecule has 0 aromatic carbocycles. The van der Waals surface area contributed by atoms with Crippen LogP contribution >= 0.6 is 0 Å². The zero-order valence-electron chi connectivity index (χ0n) is 9.67. The minimum atomic E-state index is -0.522. The first-order valence-electron chi connectivity index (χ1n) is 6.41. The number of hydrogen-bond acceptors (Lipinski definition) is 1. The Bertz CT molecular complexity index is 237. The van der Waals surface area contributed by atoms with Gasteiger partial charge in [-0.3, -0.25) is 4.79 Å². The highest BCUT2D eigenvalue weighted by atomic mass is 16.4. The highest BCUT2D eigenvalue weighted by molar-refractivity contribution is 5.75. The van der Waals surface area contributed by atoms with Gasteiger partial charge in [-0.15, -0.1) is 0 Å². The molecule has 1 N–H and O–H groups in total. The van der Waals surface area contributed by atoms with Gasteiger partial charge in [-0.2, -0.15) is 0 Å². The SMILES string of the molecule is CCCCCCC1(C(=O)O)CC2CC2C1. The first-order chi connectivity index (χ1) is 7.18. The summed E-state index contributed by atoms with van der Waals surface area (Å²) in [5, 5.41) is 9.36. The summed E-state index contributed by atoms with van der Waals surface area (Å²) in [7, 11) is 0. The van der Waals surface area contributed by atoms with Crippen molar-refractivity contribution >= 4 is 5.97 Å². The van der Waals surface area contributed by atoms with E-state index in [1.54, 1.807) is 0 Å². The van der Waals surface area contributed by atoms with Crippen LogP contribution in [0.25, 0.3) is 0 Å². The maximum Gasteiger partial charge on any atom is 0.309 e. The van der Waals surface area contributed by atoms with Crippen LogP contribution in [0.4, 0.5) is 0 Å². The summed E-state index contributed by atoms with van der Waals surface area (Å²) in [6.45, 7) is 2.19. The van der Waals surface area contributed by atoms with Crippen molar-refractivity contribution in [1.82, 2.24) is 0 Å². The van der Waals surface area contributed by atoms with E-state index in [2.05, 4.69) is 6.92 Å². The van der Waals surface area contributed by atoms with Gasteiger partial charge in [0.2, 0.25) is 0 Å². The predicted octanol–water partition coefficient (Wildman–Crippen LogP) is 3.46. The number of carboxylic acid groups (broad SMARTS) is 1. The highest BCUT2D eigenvalue weighted by Crippen LogP contribution is 2.61. The molecule has 15 heavy (non-hydrogen) atoms. The third-order valence-electron chi connectivity index (χ3n) is 4.34. The molecule has 2 unspecified atom stereocenters. The maximum atomic E-state index is 11.4. The highest BCUT2D eigenvalue weighted by Gasteiger charge is 2.56. The van der Waals surface area contributed by atoms with Crippen LogP contribution in [-0.4, -0.2) is 11.1 Å².